The Morgan fingerprint density at radius 3 is 2.23 bits per heavy atom. The topological polar surface area (TPSA) is 208 Å². The SMILES string of the molecule is CC(C)C[C@H](N)C(=O)N[C@@H](Cc1ccccc1)C(=O)NCC1NC(C(=O)N[C@@H](C)C(=O)N[C@@H](C)C(=O)O)Cc2c1[nH]c1ccccc21. The van der Waals surface area contributed by atoms with E-state index in [0.717, 1.165) is 27.7 Å². The van der Waals surface area contributed by atoms with Gasteiger partial charge >= 0.3 is 5.97 Å². The van der Waals surface area contributed by atoms with Gasteiger partial charge in [-0.05, 0) is 49.8 Å². The van der Waals surface area contributed by atoms with Gasteiger partial charge in [-0.15, -0.1) is 0 Å². The van der Waals surface area contributed by atoms with E-state index >= 15 is 0 Å². The number of nitrogens with one attached hydrogen (secondary N) is 6. The number of aromatic nitrogens is 1. The first-order chi connectivity index (χ1) is 22.3. The molecule has 4 amide bonds. The fourth-order valence-corrected chi connectivity index (χ4v) is 5.72. The van der Waals surface area contributed by atoms with Gasteiger partial charge in [-0.1, -0.05) is 62.4 Å². The number of carboxylic acid groups (broad SMARTS) is 1. The summed E-state index contributed by atoms with van der Waals surface area (Å²) in [7, 11) is 0. The molecule has 1 aliphatic rings. The first kappa shape index (κ1) is 35.1. The monoisotopic (exact) mass is 647 g/mol. The highest BCUT2D eigenvalue weighted by Gasteiger charge is 2.35. The zero-order valence-corrected chi connectivity index (χ0v) is 27.1. The molecule has 47 heavy (non-hydrogen) atoms. The molecule has 2 unspecified atom stereocenters. The second-order valence-corrected chi connectivity index (χ2v) is 12.6. The molecule has 0 saturated carbocycles. The first-order valence-corrected chi connectivity index (χ1v) is 15.9. The first-order valence-electron chi connectivity index (χ1n) is 15.9. The largest absolute Gasteiger partial charge is 0.480 e. The second kappa shape index (κ2) is 15.7. The minimum Gasteiger partial charge on any atom is -0.480 e. The van der Waals surface area contributed by atoms with E-state index in [1.807, 2.05) is 68.4 Å². The van der Waals surface area contributed by atoms with Crippen LogP contribution < -0.4 is 32.3 Å². The lowest BCUT2D eigenvalue weighted by molar-refractivity contribution is -0.141. The fraction of sp³-hybridized carbons (Fsp3) is 0.441. The highest BCUT2D eigenvalue weighted by molar-refractivity contribution is 5.93. The Kier molecular flexibility index (Phi) is 11.7. The number of H-pyrrole nitrogens is 1. The van der Waals surface area contributed by atoms with Crippen molar-refractivity contribution in [3.8, 4) is 0 Å². The predicted octanol–water partition coefficient (Wildman–Crippen LogP) is 1.03. The molecule has 9 N–H and O–H groups in total. The molecule has 13 heteroatoms. The highest BCUT2D eigenvalue weighted by Crippen LogP contribution is 2.31. The predicted molar refractivity (Wildman–Crippen MR) is 177 cm³/mol. The minimum absolute atomic E-state index is 0.0911. The van der Waals surface area contributed by atoms with Crippen molar-refractivity contribution in [3.05, 3.63) is 71.4 Å². The molecular formula is C34H45N7O6. The summed E-state index contributed by atoms with van der Waals surface area (Å²) in [5.41, 5.74) is 9.60. The summed E-state index contributed by atoms with van der Waals surface area (Å²) in [6, 6.07) is 12.0. The molecule has 2 heterocycles. The molecule has 0 saturated heterocycles. The zero-order chi connectivity index (χ0) is 34.2. The Morgan fingerprint density at radius 2 is 1.55 bits per heavy atom. The normalized spacial score (nSPS) is 18.3. The van der Waals surface area contributed by atoms with E-state index in [2.05, 4.69) is 31.6 Å². The number of nitrogens with two attached hydrogens (primary N) is 1. The van der Waals surface area contributed by atoms with E-state index in [9.17, 15) is 24.0 Å². The maximum absolute atomic E-state index is 13.7. The van der Waals surface area contributed by atoms with Crippen LogP contribution >= 0.6 is 0 Å². The number of rotatable bonds is 14. The fourth-order valence-electron chi connectivity index (χ4n) is 5.72. The number of aromatic amines is 1. The number of para-hydroxylation sites is 1. The van der Waals surface area contributed by atoms with Crippen LogP contribution in [0.5, 0.6) is 0 Å². The molecule has 252 valence electrons. The standard InChI is InChI=1S/C34H45N7O6/c1-18(2)14-24(35)31(43)41-26(15-21-10-6-5-7-11-21)32(44)36-17-28-29-23(22-12-8-9-13-25(22)40-29)16-27(39-28)33(45)37-19(3)30(42)38-20(4)34(46)47/h5-13,18-20,24,26-28,39-40H,14-17,35H2,1-4H3,(H,36,44)(H,37,45)(H,38,42)(H,41,43)(H,46,47)/t19-,20-,24-,26-,27?,28?/m0/s1. The van der Waals surface area contributed by atoms with Crippen LogP contribution in [0.2, 0.25) is 0 Å². The average Bonchev–Trinajstić information content (AvgIpc) is 3.42. The van der Waals surface area contributed by atoms with Crippen molar-refractivity contribution in [1.29, 1.82) is 0 Å². The molecule has 6 atom stereocenters. The van der Waals surface area contributed by atoms with E-state index in [1.54, 1.807) is 0 Å². The van der Waals surface area contributed by atoms with Crippen molar-refractivity contribution in [3.63, 3.8) is 0 Å². The van der Waals surface area contributed by atoms with Gasteiger partial charge < -0.3 is 37.1 Å². The van der Waals surface area contributed by atoms with Gasteiger partial charge in [-0.2, -0.15) is 0 Å². The number of carbonyl (C=O) groups excluding carboxylic acids is 4. The number of amides is 4. The van der Waals surface area contributed by atoms with Gasteiger partial charge in [0, 0.05) is 29.6 Å². The lowest BCUT2D eigenvalue weighted by Gasteiger charge is -2.32. The van der Waals surface area contributed by atoms with Crippen molar-refractivity contribution in [2.45, 2.75) is 83.2 Å². The molecule has 0 fully saturated rings. The van der Waals surface area contributed by atoms with Crippen LogP contribution in [0.25, 0.3) is 10.9 Å². The number of aliphatic carboxylic acids is 1. The summed E-state index contributed by atoms with van der Waals surface area (Å²) < 4.78 is 0. The van der Waals surface area contributed by atoms with Gasteiger partial charge in [0.05, 0.1) is 18.1 Å². The van der Waals surface area contributed by atoms with Gasteiger partial charge in [0.2, 0.25) is 23.6 Å². The van der Waals surface area contributed by atoms with Crippen LogP contribution in [0.1, 0.15) is 57.0 Å². The van der Waals surface area contributed by atoms with E-state index in [0.29, 0.717) is 12.8 Å². The van der Waals surface area contributed by atoms with Crippen molar-refractivity contribution in [2.24, 2.45) is 11.7 Å². The van der Waals surface area contributed by atoms with Crippen molar-refractivity contribution in [1.82, 2.24) is 31.6 Å². The molecule has 2 aromatic carbocycles. The van der Waals surface area contributed by atoms with Crippen LogP contribution in [-0.4, -0.2) is 76.4 Å². The number of carboxylic acids is 1. The Morgan fingerprint density at radius 1 is 0.872 bits per heavy atom. The summed E-state index contributed by atoms with van der Waals surface area (Å²) in [5.74, 6) is -2.86. The van der Waals surface area contributed by atoms with Gasteiger partial charge in [-0.25, -0.2) is 0 Å². The average molecular weight is 648 g/mol. The summed E-state index contributed by atoms with van der Waals surface area (Å²) in [6.45, 7) is 6.85. The molecule has 0 spiro atoms. The molecular weight excluding hydrogens is 602 g/mol. The Balaban J connectivity index is 1.51. The number of benzene rings is 2. The molecule has 1 aliphatic heterocycles. The summed E-state index contributed by atoms with van der Waals surface area (Å²) in [6.07, 6.45) is 1.05. The number of fused-ring (bicyclic) bond motifs is 3. The molecule has 4 rings (SSSR count). The molecule has 0 radical (unpaired) electrons. The summed E-state index contributed by atoms with van der Waals surface area (Å²) in [4.78, 5) is 67.1. The third-order valence-corrected chi connectivity index (χ3v) is 8.26. The number of hydrogen-bond donors (Lipinski definition) is 8. The molecule has 13 nitrogen and oxygen atoms in total. The van der Waals surface area contributed by atoms with Gasteiger partial charge in [0.1, 0.15) is 18.1 Å². The van der Waals surface area contributed by atoms with E-state index in [4.69, 9.17) is 10.8 Å². The van der Waals surface area contributed by atoms with E-state index < -0.39 is 65.8 Å². The lowest BCUT2D eigenvalue weighted by atomic mass is 9.93. The maximum atomic E-state index is 13.7. The van der Waals surface area contributed by atoms with Crippen LogP contribution in [0.4, 0.5) is 0 Å². The van der Waals surface area contributed by atoms with Crippen molar-refractivity contribution < 1.29 is 29.1 Å². The molecule has 3 aromatic rings. The van der Waals surface area contributed by atoms with E-state index in [-0.39, 0.29) is 18.9 Å². The molecule has 0 bridgehead atoms. The Bertz CT molecular complexity index is 1590. The quantitative estimate of drug-likeness (QED) is 0.127. The smallest absolute Gasteiger partial charge is 0.325 e. The van der Waals surface area contributed by atoms with Crippen LogP contribution in [0.15, 0.2) is 54.6 Å². The van der Waals surface area contributed by atoms with Crippen molar-refractivity contribution >= 4 is 40.5 Å². The summed E-state index contributed by atoms with van der Waals surface area (Å²) in [5, 5.41) is 24.2. The minimum atomic E-state index is -1.19. The zero-order valence-electron chi connectivity index (χ0n) is 27.1. The van der Waals surface area contributed by atoms with Crippen LogP contribution in [0.3, 0.4) is 0 Å². The lowest BCUT2D eigenvalue weighted by Crippen LogP contribution is -2.57. The maximum Gasteiger partial charge on any atom is 0.325 e. The Hall–Kier alpha value is -4.75. The van der Waals surface area contributed by atoms with Gasteiger partial charge in [0.25, 0.3) is 0 Å². The third kappa shape index (κ3) is 9.17. The van der Waals surface area contributed by atoms with Gasteiger partial charge in [0.15, 0.2) is 0 Å². The van der Waals surface area contributed by atoms with E-state index in [1.165, 1.54) is 13.8 Å². The highest BCUT2D eigenvalue weighted by atomic mass is 16.4. The number of carbonyl (C=O) groups is 5. The molecule has 1 aromatic heterocycles. The van der Waals surface area contributed by atoms with Crippen LogP contribution in [0, 0.1) is 5.92 Å². The number of hydrogen-bond acceptors (Lipinski definition) is 7. The molecule has 0 aliphatic carbocycles. The summed E-state index contributed by atoms with van der Waals surface area (Å²) >= 11 is 0. The van der Waals surface area contributed by atoms with Gasteiger partial charge in [-0.3, -0.25) is 29.3 Å². The third-order valence-electron chi connectivity index (χ3n) is 8.26. The van der Waals surface area contributed by atoms with Crippen LogP contribution in [-0.2, 0) is 36.8 Å². The van der Waals surface area contributed by atoms with Crippen molar-refractivity contribution in [2.75, 3.05) is 6.54 Å². The Labute approximate surface area is 273 Å². The second-order valence-electron chi connectivity index (χ2n) is 12.6.